The molecule has 0 amide bonds. The van der Waals surface area contributed by atoms with Gasteiger partial charge in [-0.3, -0.25) is 9.58 Å². The fourth-order valence-electron chi connectivity index (χ4n) is 3.49. The average molecular weight is 350 g/mol. The second-order valence-electron chi connectivity index (χ2n) is 7.04. The fourth-order valence-corrected chi connectivity index (χ4v) is 3.49. The molecule has 3 heterocycles. The third kappa shape index (κ3) is 5.09. The van der Waals surface area contributed by atoms with Crippen LogP contribution >= 0.6 is 0 Å². The van der Waals surface area contributed by atoms with Crippen molar-refractivity contribution >= 4 is 0 Å². The van der Waals surface area contributed by atoms with Gasteiger partial charge in [-0.1, -0.05) is 5.16 Å². The Labute approximate surface area is 147 Å². The van der Waals surface area contributed by atoms with Crippen LogP contribution in [-0.2, 0) is 20.0 Å². The summed E-state index contributed by atoms with van der Waals surface area (Å²) < 4.78 is 20.9. The van der Waals surface area contributed by atoms with E-state index in [2.05, 4.69) is 32.1 Å². The summed E-state index contributed by atoms with van der Waals surface area (Å²) in [6, 6.07) is 0.242. The lowest BCUT2D eigenvalue weighted by Crippen LogP contribution is -2.38. The molecule has 0 spiro atoms. The van der Waals surface area contributed by atoms with E-state index in [1.807, 2.05) is 26.4 Å². The summed E-state index contributed by atoms with van der Waals surface area (Å²) in [6.07, 6.45) is 5.45. The zero-order valence-electron chi connectivity index (χ0n) is 15.2. The molecule has 0 radical (unpaired) electrons. The second kappa shape index (κ2) is 8.05. The van der Waals surface area contributed by atoms with Crippen LogP contribution < -0.4 is 0 Å². The van der Waals surface area contributed by atoms with Crippen molar-refractivity contribution in [2.45, 2.75) is 44.9 Å². The number of hydrogen-bond donors (Lipinski definition) is 0. The van der Waals surface area contributed by atoms with Crippen molar-refractivity contribution in [2.75, 3.05) is 26.7 Å². The van der Waals surface area contributed by atoms with Gasteiger partial charge in [-0.05, 0) is 33.4 Å². The molecule has 0 unspecified atom stereocenters. The van der Waals surface area contributed by atoms with Crippen LogP contribution in [0.2, 0.25) is 0 Å². The molecule has 8 heteroatoms. The van der Waals surface area contributed by atoms with E-state index in [0.717, 1.165) is 38.0 Å². The van der Waals surface area contributed by atoms with Crippen molar-refractivity contribution in [1.29, 1.82) is 0 Å². The van der Waals surface area contributed by atoms with Crippen LogP contribution in [0, 0.1) is 6.92 Å². The minimum absolute atomic E-state index is 0.242. The van der Waals surface area contributed by atoms with Crippen molar-refractivity contribution < 1.29 is 8.91 Å². The van der Waals surface area contributed by atoms with E-state index in [1.54, 1.807) is 4.68 Å². The monoisotopic (exact) mass is 350 g/mol. The smallest absolute Gasteiger partial charge is 0.226 e. The summed E-state index contributed by atoms with van der Waals surface area (Å²) in [5, 5.41) is 8.00. The van der Waals surface area contributed by atoms with Gasteiger partial charge in [-0.25, -0.2) is 4.39 Å². The van der Waals surface area contributed by atoms with Gasteiger partial charge >= 0.3 is 0 Å². The molecule has 1 fully saturated rings. The lowest BCUT2D eigenvalue weighted by molar-refractivity contribution is 0.182. The first-order valence-electron chi connectivity index (χ1n) is 8.83. The van der Waals surface area contributed by atoms with Crippen LogP contribution in [0.25, 0.3) is 0 Å². The summed E-state index contributed by atoms with van der Waals surface area (Å²) in [4.78, 5) is 8.72. The molecule has 1 aliphatic heterocycles. The second-order valence-corrected chi connectivity index (χ2v) is 7.04. The van der Waals surface area contributed by atoms with E-state index < -0.39 is 6.17 Å². The summed E-state index contributed by atoms with van der Waals surface area (Å²) in [6.45, 7) is 4.88. The highest BCUT2D eigenvalue weighted by Crippen LogP contribution is 2.23. The summed E-state index contributed by atoms with van der Waals surface area (Å²) in [5.41, 5.74) is 1.14. The molecule has 0 aliphatic carbocycles. The fraction of sp³-hybridized carbons (Fsp3) is 0.706. The molecule has 0 aromatic carbocycles. The number of halogens is 1. The van der Waals surface area contributed by atoms with Crippen LogP contribution in [-0.4, -0.2) is 68.6 Å². The Hall–Kier alpha value is -1.80. The average Bonchev–Trinajstić information content (AvgIpc) is 3.22. The molecule has 0 bridgehead atoms. The Bertz CT molecular complexity index is 672. The molecule has 1 saturated heterocycles. The van der Waals surface area contributed by atoms with Crippen LogP contribution in [0.3, 0.4) is 0 Å². The van der Waals surface area contributed by atoms with Gasteiger partial charge in [0.15, 0.2) is 5.82 Å². The van der Waals surface area contributed by atoms with Crippen molar-refractivity contribution in [3.05, 3.63) is 29.7 Å². The first-order chi connectivity index (χ1) is 12.0. The summed E-state index contributed by atoms with van der Waals surface area (Å²) in [7, 11) is 3.99. The summed E-state index contributed by atoms with van der Waals surface area (Å²) >= 11 is 0. The van der Waals surface area contributed by atoms with E-state index in [9.17, 15) is 4.39 Å². The van der Waals surface area contributed by atoms with Crippen molar-refractivity contribution in [3.63, 3.8) is 0 Å². The molecule has 2 aromatic rings. The van der Waals surface area contributed by atoms with Gasteiger partial charge in [0.2, 0.25) is 5.89 Å². The highest BCUT2D eigenvalue weighted by molar-refractivity contribution is 5.05. The molecular weight excluding hydrogens is 323 g/mol. The predicted octanol–water partition coefficient (Wildman–Crippen LogP) is 1.59. The number of aromatic nitrogens is 4. The van der Waals surface area contributed by atoms with Gasteiger partial charge < -0.3 is 9.42 Å². The SMILES string of the molecule is Cc1noc(CCCN(C)C[C@@H]2C[C@H](F)CN2Cc2cnn(C)c2)n1. The third-order valence-electron chi connectivity index (χ3n) is 4.64. The van der Waals surface area contributed by atoms with Gasteiger partial charge in [0, 0.05) is 50.9 Å². The lowest BCUT2D eigenvalue weighted by atomic mass is 10.2. The maximum atomic E-state index is 13.9. The Kier molecular flexibility index (Phi) is 5.80. The van der Waals surface area contributed by atoms with Crippen molar-refractivity contribution in [1.82, 2.24) is 29.7 Å². The van der Waals surface area contributed by atoms with E-state index in [1.165, 1.54) is 0 Å². The van der Waals surface area contributed by atoms with Gasteiger partial charge in [0.25, 0.3) is 0 Å². The number of rotatable bonds is 8. The standard InChI is InChI=1S/C17H27FN6O/c1-13-20-17(25-21-13)5-4-6-22(2)12-16-7-15(18)11-24(16)10-14-8-19-23(3)9-14/h8-9,15-16H,4-7,10-12H2,1-3H3/t15-,16-/m0/s1. The molecule has 0 N–H and O–H groups in total. The minimum Gasteiger partial charge on any atom is -0.339 e. The van der Waals surface area contributed by atoms with Gasteiger partial charge in [0.05, 0.1) is 6.20 Å². The highest BCUT2D eigenvalue weighted by Gasteiger charge is 2.32. The van der Waals surface area contributed by atoms with Crippen LogP contribution in [0.5, 0.6) is 0 Å². The molecule has 3 rings (SSSR count). The first kappa shape index (κ1) is 18.0. The van der Waals surface area contributed by atoms with Crippen molar-refractivity contribution in [2.24, 2.45) is 7.05 Å². The first-order valence-corrected chi connectivity index (χ1v) is 8.83. The van der Waals surface area contributed by atoms with Crippen molar-refractivity contribution in [3.8, 4) is 0 Å². The largest absolute Gasteiger partial charge is 0.339 e. The summed E-state index contributed by atoms with van der Waals surface area (Å²) in [5.74, 6) is 1.36. The maximum absolute atomic E-state index is 13.9. The molecule has 2 atom stereocenters. The van der Waals surface area contributed by atoms with E-state index >= 15 is 0 Å². The number of nitrogens with zero attached hydrogens (tertiary/aromatic N) is 6. The Morgan fingerprint density at radius 3 is 2.96 bits per heavy atom. The highest BCUT2D eigenvalue weighted by atomic mass is 19.1. The van der Waals surface area contributed by atoms with E-state index in [-0.39, 0.29) is 6.04 Å². The lowest BCUT2D eigenvalue weighted by Gasteiger charge is -2.28. The third-order valence-corrected chi connectivity index (χ3v) is 4.64. The number of aryl methyl sites for hydroxylation is 3. The van der Waals surface area contributed by atoms with Gasteiger partial charge in [-0.15, -0.1) is 0 Å². The molecular formula is C17H27FN6O. The number of alkyl halides is 1. The molecule has 2 aromatic heterocycles. The molecule has 25 heavy (non-hydrogen) atoms. The number of likely N-dealkylation sites (N-methyl/N-ethyl adjacent to an activating group) is 1. The normalized spacial score (nSPS) is 21.5. The Balaban J connectivity index is 1.45. The maximum Gasteiger partial charge on any atom is 0.226 e. The number of likely N-dealkylation sites (tertiary alicyclic amines) is 1. The van der Waals surface area contributed by atoms with E-state index in [4.69, 9.17) is 4.52 Å². The molecule has 7 nitrogen and oxygen atoms in total. The minimum atomic E-state index is -0.739. The van der Waals surface area contributed by atoms with Crippen LogP contribution in [0.4, 0.5) is 4.39 Å². The number of hydrogen-bond acceptors (Lipinski definition) is 6. The van der Waals surface area contributed by atoms with Gasteiger partial charge in [-0.2, -0.15) is 10.1 Å². The Morgan fingerprint density at radius 2 is 2.28 bits per heavy atom. The van der Waals surface area contributed by atoms with E-state index in [0.29, 0.717) is 24.7 Å². The van der Waals surface area contributed by atoms with Crippen LogP contribution in [0.1, 0.15) is 30.1 Å². The zero-order valence-corrected chi connectivity index (χ0v) is 15.2. The predicted molar refractivity (Wildman–Crippen MR) is 91.8 cm³/mol. The molecule has 138 valence electrons. The molecule has 1 aliphatic rings. The molecule has 0 saturated carbocycles. The topological polar surface area (TPSA) is 63.2 Å². The van der Waals surface area contributed by atoms with Crippen LogP contribution in [0.15, 0.2) is 16.9 Å². The zero-order chi connectivity index (χ0) is 17.8. The Morgan fingerprint density at radius 1 is 1.44 bits per heavy atom. The van der Waals surface area contributed by atoms with Gasteiger partial charge in [0.1, 0.15) is 6.17 Å². The quantitative estimate of drug-likeness (QED) is 0.720.